The summed E-state index contributed by atoms with van der Waals surface area (Å²) in [6.07, 6.45) is 3.39. The molecule has 1 saturated heterocycles. The first-order valence-corrected chi connectivity index (χ1v) is 10.2. The molecule has 0 aromatic heterocycles. The summed E-state index contributed by atoms with van der Waals surface area (Å²) in [4.78, 5) is 18.8. The number of hydrogen-bond acceptors (Lipinski definition) is 2. The summed E-state index contributed by atoms with van der Waals surface area (Å²) in [6.45, 7) is 4.69. The lowest BCUT2D eigenvalue weighted by atomic mass is 9.87. The first-order valence-electron chi connectivity index (χ1n) is 10.2. The average molecular weight is 365 g/mol. The second-order valence-corrected chi connectivity index (χ2v) is 7.86. The Morgan fingerprint density at radius 1 is 1.07 bits per heavy atom. The number of piperazine rings is 1. The predicted octanol–water partition coefficient (Wildman–Crippen LogP) is 1.93. The Balaban J connectivity index is 1.34. The molecule has 4 rings (SSSR count). The minimum atomic E-state index is 0.243. The van der Waals surface area contributed by atoms with Crippen molar-refractivity contribution >= 4 is 11.6 Å². The summed E-state index contributed by atoms with van der Waals surface area (Å²) >= 11 is 0. The van der Waals surface area contributed by atoms with Crippen molar-refractivity contribution in [3.8, 4) is 0 Å². The SMILES string of the molecule is CN(C(=O)C[NH+]1CCN(c2ccccc2)CC1)[C@@H]1CCCc2ccccc21. The Hall–Kier alpha value is -2.33. The summed E-state index contributed by atoms with van der Waals surface area (Å²) < 4.78 is 0. The molecule has 0 saturated carbocycles. The number of hydrogen-bond donors (Lipinski definition) is 1. The van der Waals surface area contributed by atoms with Gasteiger partial charge in [0.15, 0.2) is 6.54 Å². The van der Waals surface area contributed by atoms with Crippen molar-refractivity contribution in [1.29, 1.82) is 0 Å². The van der Waals surface area contributed by atoms with E-state index >= 15 is 0 Å². The highest BCUT2D eigenvalue weighted by atomic mass is 16.2. The van der Waals surface area contributed by atoms with Crippen molar-refractivity contribution in [2.45, 2.75) is 25.3 Å². The van der Waals surface area contributed by atoms with Gasteiger partial charge < -0.3 is 14.7 Å². The van der Waals surface area contributed by atoms with Crippen LogP contribution in [0.4, 0.5) is 5.69 Å². The van der Waals surface area contributed by atoms with E-state index in [0.717, 1.165) is 39.0 Å². The van der Waals surface area contributed by atoms with Crippen LogP contribution in [0.3, 0.4) is 0 Å². The van der Waals surface area contributed by atoms with Crippen molar-refractivity contribution < 1.29 is 9.69 Å². The second-order valence-electron chi connectivity index (χ2n) is 7.86. The van der Waals surface area contributed by atoms with Gasteiger partial charge in [-0.15, -0.1) is 0 Å². The largest absolute Gasteiger partial charge is 0.360 e. The van der Waals surface area contributed by atoms with Gasteiger partial charge in [-0.2, -0.15) is 0 Å². The molecule has 27 heavy (non-hydrogen) atoms. The maximum absolute atomic E-state index is 13.0. The molecule has 2 aliphatic rings. The van der Waals surface area contributed by atoms with Gasteiger partial charge >= 0.3 is 0 Å². The van der Waals surface area contributed by atoms with E-state index in [1.54, 1.807) is 0 Å². The maximum atomic E-state index is 13.0. The van der Waals surface area contributed by atoms with E-state index in [9.17, 15) is 4.79 Å². The third-order valence-corrected chi connectivity index (χ3v) is 6.19. The number of benzene rings is 2. The fourth-order valence-electron chi connectivity index (χ4n) is 4.54. The van der Waals surface area contributed by atoms with E-state index < -0.39 is 0 Å². The Bertz CT molecular complexity index is 768. The van der Waals surface area contributed by atoms with E-state index in [1.165, 1.54) is 28.1 Å². The highest BCUT2D eigenvalue weighted by Gasteiger charge is 2.29. The molecule has 142 valence electrons. The summed E-state index contributed by atoms with van der Waals surface area (Å²) in [5, 5.41) is 0. The normalized spacial score (nSPS) is 20.2. The Labute approximate surface area is 162 Å². The number of fused-ring (bicyclic) bond motifs is 1. The maximum Gasteiger partial charge on any atom is 0.278 e. The van der Waals surface area contributed by atoms with Crippen LogP contribution >= 0.6 is 0 Å². The summed E-state index contributed by atoms with van der Waals surface area (Å²) in [6, 6.07) is 19.5. The van der Waals surface area contributed by atoms with Gasteiger partial charge in [-0.25, -0.2) is 0 Å². The zero-order valence-electron chi connectivity index (χ0n) is 16.2. The highest BCUT2D eigenvalue weighted by Crippen LogP contribution is 2.33. The van der Waals surface area contributed by atoms with Gasteiger partial charge in [0.25, 0.3) is 5.91 Å². The lowest BCUT2D eigenvalue weighted by Crippen LogP contribution is -3.15. The molecule has 0 bridgehead atoms. The lowest BCUT2D eigenvalue weighted by Gasteiger charge is -2.36. The molecule has 1 heterocycles. The molecule has 0 unspecified atom stereocenters. The van der Waals surface area contributed by atoms with E-state index in [-0.39, 0.29) is 11.9 Å². The van der Waals surface area contributed by atoms with Crippen LogP contribution in [0.1, 0.15) is 30.0 Å². The van der Waals surface area contributed by atoms with Crippen LogP contribution in [-0.2, 0) is 11.2 Å². The second kappa shape index (κ2) is 8.13. The van der Waals surface area contributed by atoms with Crippen molar-refractivity contribution in [2.24, 2.45) is 0 Å². The van der Waals surface area contributed by atoms with Crippen molar-refractivity contribution in [3.63, 3.8) is 0 Å². The van der Waals surface area contributed by atoms with Gasteiger partial charge in [0.1, 0.15) is 0 Å². The molecule has 2 aromatic carbocycles. The van der Waals surface area contributed by atoms with Crippen LogP contribution < -0.4 is 9.80 Å². The molecule has 1 aliphatic heterocycles. The van der Waals surface area contributed by atoms with Crippen LogP contribution in [-0.4, -0.2) is 50.6 Å². The van der Waals surface area contributed by atoms with E-state index in [1.807, 2.05) is 11.9 Å². The molecule has 2 aromatic rings. The fourth-order valence-corrected chi connectivity index (χ4v) is 4.54. The molecule has 4 heteroatoms. The zero-order chi connectivity index (χ0) is 18.6. The van der Waals surface area contributed by atoms with E-state index in [2.05, 4.69) is 59.5 Å². The summed E-state index contributed by atoms with van der Waals surface area (Å²) in [7, 11) is 1.99. The van der Waals surface area contributed by atoms with Crippen LogP contribution in [0.2, 0.25) is 0 Å². The smallest absolute Gasteiger partial charge is 0.278 e. The molecular formula is C23H30N3O+. The minimum absolute atomic E-state index is 0.243. The van der Waals surface area contributed by atoms with Crippen LogP contribution in [0.5, 0.6) is 0 Å². The highest BCUT2D eigenvalue weighted by molar-refractivity contribution is 5.77. The quantitative estimate of drug-likeness (QED) is 0.898. The number of aryl methyl sites for hydroxylation is 1. The van der Waals surface area contributed by atoms with Crippen LogP contribution in [0.25, 0.3) is 0 Å². The molecule has 1 aliphatic carbocycles. The van der Waals surface area contributed by atoms with Crippen molar-refractivity contribution in [2.75, 3.05) is 44.7 Å². The summed E-state index contributed by atoms with van der Waals surface area (Å²) in [5.41, 5.74) is 4.06. The Kier molecular flexibility index (Phi) is 5.44. The number of nitrogens with one attached hydrogen (secondary N) is 1. The van der Waals surface area contributed by atoms with Gasteiger partial charge in [-0.05, 0) is 42.5 Å². The number of amides is 1. The number of rotatable bonds is 4. The van der Waals surface area contributed by atoms with E-state index in [4.69, 9.17) is 0 Å². The molecule has 4 nitrogen and oxygen atoms in total. The zero-order valence-corrected chi connectivity index (χ0v) is 16.2. The first-order chi connectivity index (χ1) is 13.2. The van der Waals surface area contributed by atoms with Crippen molar-refractivity contribution in [1.82, 2.24) is 4.90 Å². The van der Waals surface area contributed by atoms with E-state index in [0.29, 0.717) is 6.54 Å². The van der Waals surface area contributed by atoms with Gasteiger partial charge in [-0.3, -0.25) is 4.79 Å². The number of anilines is 1. The molecule has 0 radical (unpaired) electrons. The van der Waals surface area contributed by atoms with Gasteiger partial charge in [0.05, 0.1) is 32.2 Å². The molecule has 1 N–H and O–H groups in total. The van der Waals surface area contributed by atoms with Crippen LogP contribution in [0.15, 0.2) is 54.6 Å². The molecule has 1 fully saturated rings. The predicted molar refractivity (Wildman–Crippen MR) is 109 cm³/mol. The standard InChI is InChI=1S/C23H29N3O/c1-24(22-13-7-9-19-8-5-6-12-21(19)22)23(27)18-25-14-16-26(17-15-25)20-10-3-2-4-11-20/h2-6,8,10-12,22H,7,9,13-18H2,1H3/p+1/t22-/m1/s1. The third-order valence-electron chi connectivity index (χ3n) is 6.19. The molecular weight excluding hydrogens is 334 g/mol. The topological polar surface area (TPSA) is 28.0 Å². The van der Waals surface area contributed by atoms with Crippen LogP contribution in [0, 0.1) is 0 Å². The number of likely N-dealkylation sites (N-methyl/N-ethyl adjacent to an activating group) is 1. The monoisotopic (exact) mass is 364 g/mol. The van der Waals surface area contributed by atoms with Crippen molar-refractivity contribution in [3.05, 3.63) is 65.7 Å². The molecule has 1 atom stereocenters. The number of carbonyl (C=O) groups is 1. The number of quaternary nitrogens is 1. The van der Waals surface area contributed by atoms with Gasteiger partial charge in [0, 0.05) is 12.7 Å². The minimum Gasteiger partial charge on any atom is -0.360 e. The molecule has 1 amide bonds. The lowest BCUT2D eigenvalue weighted by molar-refractivity contribution is -0.892. The third kappa shape index (κ3) is 4.01. The Morgan fingerprint density at radius 2 is 1.78 bits per heavy atom. The average Bonchev–Trinajstić information content (AvgIpc) is 2.74. The molecule has 0 spiro atoms. The van der Waals surface area contributed by atoms with Gasteiger partial charge in [-0.1, -0.05) is 42.5 Å². The van der Waals surface area contributed by atoms with Gasteiger partial charge in [0.2, 0.25) is 0 Å². The fraction of sp³-hybridized carbons (Fsp3) is 0.435. The summed E-state index contributed by atoms with van der Waals surface area (Å²) in [5.74, 6) is 0.278. The number of nitrogens with zero attached hydrogens (tertiary/aromatic N) is 2. The first kappa shape index (κ1) is 18.1. The number of carbonyl (C=O) groups excluding carboxylic acids is 1. The Morgan fingerprint density at radius 3 is 2.56 bits per heavy atom. The number of para-hydroxylation sites is 1.